The Bertz CT molecular complexity index is 947. The van der Waals surface area contributed by atoms with Crippen molar-refractivity contribution >= 4 is 52.0 Å². The summed E-state index contributed by atoms with van der Waals surface area (Å²) in [6, 6.07) is 13.7. The molecule has 0 atom stereocenters. The highest BCUT2D eigenvalue weighted by Gasteiger charge is 2.39. The first-order valence-electron chi connectivity index (χ1n) is 8.23. The average Bonchev–Trinajstić information content (AvgIpc) is 2.85. The summed E-state index contributed by atoms with van der Waals surface area (Å²) < 4.78 is 0. The summed E-state index contributed by atoms with van der Waals surface area (Å²) in [6.07, 6.45) is 0. The predicted molar refractivity (Wildman–Crippen MR) is 107 cm³/mol. The number of hydrogen-bond donors (Lipinski definition) is 1. The maximum Gasteiger partial charge on any atom is 0.277 e. The molecule has 3 amide bonds. The minimum absolute atomic E-state index is 0.121. The van der Waals surface area contributed by atoms with Crippen LogP contribution in [0.4, 0.5) is 17.1 Å². The van der Waals surface area contributed by atoms with Crippen LogP contribution in [0.3, 0.4) is 0 Å². The van der Waals surface area contributed by atoms with E-state index in [1.807, 2.05) is 31.1 Å². The van der Waals surface area contributed by atoms with E-state index < -0.39 is 11.8 Å². The summed E-state index contributed by atoms with van der Waals surface area (Å²) in [4.78, 5) is 39.6. The van der Waals surface area contributed by atoms with Gasteiger partial charge in [0.2, 0.25) is 5.91 Å². The third kappa shape index (κ3) is 3.57. The molecule has 27 heavy (non-hydrogen) atoms. The van der Waals surface area contributed by atoms with Crippen LogP contribution in [0.25, 0.3) is 5.57 Å². The van der Waals surface area contributed by atoms with E-state index in [0.29, 0.717) is 16.9 Å². The molecule has 0 saturated carbocycles. The van der Waals surface area contributed by atoms with Crippen molar-refractivity contribution < 1.29 is 14.4 Å². The Morgan fingerprint density at radius 2 is 1.56 bits per heavy atom. The first kappa shape index (κ1) is 18.7. The van der Waals surface area contributed by atoms with E-state index in [-0.39, 0.29) is 16.5 Å². The number of carbonyl (C=O) groups excluding carboxylic acids is 3. The third-order valence-electron chi connectivity index (χ3n) is 4.15. The predicted octanol–water partition coefficient (Wildman–Crippen LogP) is 3.23. The van der Waals surface area contributed by atoms with Crippen molar-refractivity contribution in [3.8, 4) is 0 Å². The van der Waals surface area contributed by atoms with Gasteiger partial charge in [0.15, 0.2) is 0 Å². The van der Waals surface area contributed by atoms with Gasteiger partial charge in [0.25, 0.3) is 11.8 Å². The Morgan fingerprint density at radius 3 is 2.07 bits per heavy atom. The van der Waals surface area contributed by atoms with E-state index in [1.54, 1.807) is 36.4 Å². The van der Waals surface area contributed by atoms with Crippen LogP contribution in [-0.4, -0.2) is 31.8 Å². The molecule has 1 heterocycles. The molecule has 0 bridgehead atoms. The van der Waals surface area contributed by atoms with Gasteiger partial charge in [-0.2, -0.15) is 0 Å². The topological polar surface area (TPSA) is 69.7 Å². The van der Waals surface area contributed by atoms with Gasteiger partial charge in [-0.05, 0) is 42.0 Å². The number of carbonyl (C=O) groups is 3. The highest BCUT2D eigenvalue weighted by atomic mass is 35.5. The van der Waals surface area contributed by atoms with Gasteiger partial charge in [0, 0.05) is 32.4 Å². The van der Waals surface area contributed by atoms with Gasteiger partial charge >= 0.3 is 0 Å². The lowest BCUT2D eigenvalue weighted by Crippen LogP contribution is -2.31. The molecular weight excluding hydrogens is 366 g/mol. The molecule has 0 fully saturated rings. The Morgan fingerprint density at radius 1 is 0.963 bits per heavy atom. The molecule has 7 heteroatoms. The minimum Gasteiger partial charge on any atom is -0.378 e. The number of rotatable bonds is 4. The molecule has 0 radical (unpaired) electrons. The van der Waals surface area contributed by atoms with Crippen LogP contribution in [0.1, 0.15) is 12.5 Å². The van der Waals surface area contributed by atoms with Gasteiger partial charge in [-0.25, -0.2) is 4.90 Å². The zero-order valence-electron chi connectivity index (χ0n) is 15.1. The molecule has 0 spiro atoms. The van der Waals surface area contributed by atoms with Gasteiger partial charge in [0.05, 0.1) is 11.3 Å². The summed E-state index contributed by atoms with van der Waals surface area (Å²) in [7, 11) is 3.81. The lowest BCUT2D eigenvalue weighted by atomic mass is 10.1. The number of halogens is 1. The summed E-state index contributed by atoms with van der Waals surface area (Å²) in [5.41, 5.74) is 2.66. The van der Waals surface area contributed by atoms with Crippen molar-refractivity contribution in [2.24, 2.45) is 0 Å². The number of nitrogens with zero attached hydrogens (tertiary/aromatic N) is 2. The molecule has 1 aliphatic heterocycles. The van der Waals surface area contributed by atoms with E-state index in [2.05, 4.69) is 5.32 Å². The first-order chi connectivity index (χ1) is 12.8. The van der Waals surface area contributed by atoms with Crippen molar-refractivity contribution in [2.45, 2.75) is 6.92 Å². The zero-order valence-corrected chi connectivity index (χ0v) is 15.9. The SMILES string of the molecule is CC(=O)Nc1ccc(C2=C(Cl)C(=O)N(c3ccc(N(C)C)cc3)C2=O)cc1. The molecule has 6 nitrogen and oxygen atoms in total. The average molecular weight is 384 g/mol. The van der Waals surface area contributed by atoms with Crippen molar-refractivity contribution in [2.75, 3.05) is 29.2 Å². The number of benzene rings is 2. The minimum atomic E-state index is -0.555. The molecule has 0 saturated heterocycles. The number of imide groups is 1. The van der Waals surface area contributed by atoms with Crippen LogP contribution < -0.4 is 15.1 Å². The summed E-state index contributed by atoms with van der Waals surface area (Å²) in [6.45, 7) is 1.41. The summed E-state index contributed by atoms with van der Waals surface area (Å²) >= 11 is 6.20. The Balaban J connectivity index is 1.91. The monoisotopic (exact) mass is 383 g/mol. The third-order valence-corrected chi connectivity index (χ3v) is 4.50. The molecule has 1 N–H and O–H groups in total. The molecule has 138 valence electrons. The van der Waals surface area contributed by atoms with Crippen LogP contribution in [0, 0.1) is 0 Å². The van der Waals surface area contributed by atoms with Crippen LogP contribution in [0.2, 0.25) is 0 Å². The van der Waals surface area contributed by atoms with Crippen molar-refractivity contribution in [3.05, 3.63) is 59.1 Å². The van der Waals surface area contributed by atoms with Crippen LogP contribution in [-0.2, 0) is 14.4 Å². The molecule has 0 unspecified atom stereocenters. The number of hydrogen-bond acceptors (Lipinski definition) is 4. The molecular formula is C20H18ClN3O3. The van der Waals surface area contributed by atoms with Crippen LogP contribution in [0.5, 0.6) is 0 Å². The summed E-state index contributed by atoms with van der Waals surface area (Å²) in [5, 5.41) is 2.53. The Labute approximate surface area is 162 Å². The van der Waals surface area contributed by atoms with Crippen molar-refractivity contribution in [3.63, 3.8) is 0 Å². The summed E-state index contributed by atoms with van der Waals surface area (Å²) in [5.74, 6) is -1.23. The van der Waals surface area contributed by atoms with Crippen LogP contribution in [0.15, 0.2) is 53.6 Å². The van der Waals surface area contributed by atoms with Gasteiger partial charge in [-0.1, -0.05) is 23.7 Å². The quantitative estimate of drug-likeness (QED) is 0.823. The van der Waals surface area contributed by atoms with Crippen molar-refractivity contribution in [1.82, 2.24) is 0 Å². The highest BCUT2D eigenvalue weighted by Crippen LogP contribution is 2.35. The molecule has 3 rings (SSSR count). The molecule has 2 aromatic carbocycles. The Hall–Kier alpha value is -3.12. The zero-order chi connectivity index (χ0) is 19.7. The second-order valence-corrected chi connectivity index (χ2v) is 6.68. The van der Waals surface area contributed by atoms with E-state index in [1.165, 1.54) is 6.92 Å². The standard InChI is InChI=1S/C20H18ClN3O3/c1-12(25)22-14-6-4-13(5-7-14)17-18(21)20(27)24(19(17)26)16-10-8-15(9-11-16)23(2)3/h4-11H,1-3H3,(H,22,25). The fourth-order valence-electron chi connectivity index (χ4n) is 2.81. The van der Waals surface area contributed by atoms with Gasteiger partial charge in [0.1, 0.15) is 5.03 Å². The second-order valence-electron chi connectivity index (χ2n) is 6.30. The Kier molecular flexibility index (Phi) is 5.01. The van der Waals surface area contributed by atoms with Gasteiger partial charge < -0.3 is 10.2 Å². The lowest BCUT2D eigenvalue weighted by molar-refractivity contribution is -0.120. The number of amides is 3. The van der Waals surface area contributed by atoms with Crippen LogP contribution >= 0.6 is 11.6 Å². The van der Waals surface area contributed by atoms with Crippen molar-refractivity contribution in [1.29, 1.82) is 0 Å². The van der Waals surface area contributed by atoms with Gasteiger partial charge in [-0.15, -0.1) is 0 Å². The van der Waals surface area contributed by atoms with E-state index in [9.17, 15) is 14.4 Å². The van der Waals surface area contributed by atoms with Gasteiger partial charge in [-0.3, -0.25) is 14.4 Å². The fourth-order valence-corrected chi connectivity index (χ4v) is 3.09. The molecule has 2 aromatic rings. The van der Waals surface area contributed by atoms with E-state index >= 15 is 0 Å². The fraction of sp³-hybridized carbons (Fsp3) is 0.150. The molecule has 1 aliphatic rings. The molecule has 0 aliphatic carbocycles. The number of nitrogens with one attached hydrogen (secondary N) is 1. The first-order valence-corrected chi connectivity index (χ1v) is 8.61. The largest absolute Gasteiger partial charge is 0.378 e. The smallest absolute Gasteiger partial charge is 0.277 e. The second kappa shape index (κ2) is 7.25. The van der Waals surface area contributed by atoms with E-state index in [0.717, 1.165) is 10.6 Å². The lowest BCUT2D eigenvalue weighted by Gasteiger charge is -2.17. The van der Waals surface area contributed by atoms with E-state index in [4.69, 9.17) is 11.6 Å². The molecule has 0 aromatic heterocycles. The maximum atomic E-state index is 12.9. The normalized spacial score (nSPS) is 14.0. The highest BCUT2D eigenvalue weighted by molar-refractivity contribution is 6.60. The number of anilines is 3. The maximum absolute atomic E-state index is 12.9.